The van der Waals surface area contributed by atoms with Gasteiger partial charge in [-0.2, -0.15) is 0 Å². The van der Waals surface area contributed by atoms with Crippen molar-refractivity contribution < 1.29 is 9.53 Å². The summed E-state index contributed by atoms with van der Waals surface area (Å²) < 4.78 is 5.68. The third kappa shape index (κ3) is 5.52. The molecule has 0 radical (unpaired) electrons. The Balaban J connectivity index is 1.62. The van der Waals surface area contributed by atoms with Crippen molar-refractivity contribution in [2.75, 3.05) is 46.9 Å². The molecule has 1 aliphatic heterocycles. The minimum atomic E-state index is 0.0769. The maximum absolute atomic E-state index is 12.0. The Bertz CT molecular complexity index is 531. The summed E-state index contributed by atoms with van der Waals surface area (Å²) in [6, 6.07) is 6.62. The lowest BCUT2D eigenvalue weighted by molar-refractivity contribution is -0.122. The first kappa shape index (κ1) is 17.8. The number of ether oxygens (including phenoxy) is 1. The summed E-state index contributed by atoms with van der Waals surface area (Å²) in [5, 5.41) is 2.93. The van der Waals surface area contributed by atoms with Crippen molar-refractivity contribution in [2.24, 2.45) is 0 Å². The highest BCUT2D eigenvalue weighted by Crippen LogP contribution is 2.16. The third-order valence-corrected chi connectivity index (χ3v) is 4.52. The van der Waals surface area contributed by atoms with E-state index in [-0.39, 0.29) is 5.91 Å². The maximum Gasteiger partial charge on any atom is 0.234 e. The third-order valence-electron chi connectivity index (χ3n) is 4.52. The standard InChI is InChI=1S/C18H29N3O2/c1-14-5-6-17(11-15(14)2)23-10-8-19-18(22)13-21-9-7-16(12-21)20(3)4/h5-6,11,16H,7-10,12-13H2,1-4H3,(H,19,22). The second kappa shape index (κ2) is 8.31. The largest absolute Gasteiger partial charge is 0.492 e. The molecule has 1 heterocycles. The van der Waals surface area contributed by atoms with E-state index in [0.29, 0.717) is 25.7 Å². The zero-order chi connectivity index (χ0) is 16.8. The quantitative estimate of drug-likeness (QED) is 0.773. The number of rotatable bonds is 7. The van der Waals surface area contributed by atoms with Crippen LogP contribution in [0.1, 0.15) is 17.5 Å². The molecule has 1 saturated heterocycles. The average molecular weight is 319 g/mol. The van der Waals surface area contributed by atoms with E-state index in [0.717, 1.165) is 25.3 Å². The molecule has 5 heteroatoms. The molecule has 0 spiro atoms. The first-order valence-electron chi connectivity index (χ1n) is 8.31. The number of nitrogens with zero attached hydrogens (tertiary/aromatic N) is 2. The number of hydrogen-bond donors (Lipinski definition) is 1. The lowest BCUT2D eigenvalue weighted by Crippen LogP contribution is -2.39. The van der Waals surface area contributed by atoms with Gasteiger partial charge in [0.05, 0.1) is 13.1 Å². The molecule has 1 fully saturated rings. The van der Waals surface area contributed by atoms with Crippen LogP contribution in [0.3, 0.4) is 0 Å². The maximum atomic E-state index is 12.0. The van der Waals surface area contributed by atoms with Crippen molar-refractivity contribution >= 4 is 5.91 Å². The number of likely N-dealkylation sites (N-methyl/N-ethyl adjacent to an activating group) is 1. The van der Waals surface area contributed by atoms with Crippen LogP contribution in [-0.2, 0) is 4.79 Å². The predicted octanol–water partition coefficient (Wildman–Crippen LogP) is 1.43. The van der Waals surface area contributed by atoms with Gasteiger partial charge in [-0.1, -0.05) is 6.07 Å². The molecular formula is C18H29N3O2. The summed E-state index contributed by atoms with van der Waals surface area (Å²) in [6.07, 6.45) is 1.14. The van der Waals surface area contributed by atoms with Gasteiger partial charge in [0.2, 0.25) is 5.91 Å². The van der Waals surface area contributed by atoms with E-state index in [1.54, 1.807) is 0 Å². The molecule has 1 aliphatic rings. The average Bonchev–Trinajstić information content (AvgIpc) is 2.96. The van der Waals surface area contributed by atoms with Crippen LogP contribution in [0.5, 0.6) is 5.75 Å². The molecule has 1 N–H and O–H groups in total. The van der Waals surface area contributed by atoms with E-state index in [1.165, 1.54) is 11.1 Å². The first-order chi connectivity index (χ1) is 11.0. The minimum Gasteiger partial charge on any atom is -0.492 e. The van der Waals surface area contributed by atoms with E-state index in [9.17, 15) is 4.79 Å². The van der Waals surface area contributed by atoms with Crippen LogP contribution in [0, 0.1) is 13.8 Å². The zero-order valence-electron chi connectivity index (χ0n) is 14.8. The number of nitrogens with one attached hydrogen (secondary N) is 1. The van der Waals surface area contributed by atoms with E-state index >= 15 is 0 Å². The van der Waals surface area contributed by atoms with Crippen molar-refractivity contribution in [2.45, 2.75) is 26.3 Å². The van der Waals surface area contributed by atoms with E-state index in [4.69, 9.17) is 4.74 Å². The molecule has 23 heavy (non-hydrogen) atoms. The Morgan fingerprint density at radius 2 is 2.13 bits per heavy atom. The number of likely N-dealkylation sites (tertiary alicyclic amines) is 1. The number of amides is 1. The summed E-state index contributed by atoms with van der Waals surface area (Å²) in [5.41, 5.74) is 2.48. The van der Waals surface area contributed by atoms with Gasteiger partial charge in [0.15, 0.2) is 0 Å². The number of benzene rings is 1. The van der Waals surface area contributed by atoms with Crippen LogP contribution in [0.4, 0.5) is 0 Å². The molecule has 2 rings (SSSR count). The second-order valence-electron chi connectivity index (χ2n) is 6.59. The summed E-state index contributed by atoms with van der Waals surface area (Å²) in [6.45, 7) is 7.63. The fourth-order valence-corrected chi connectivity index (χ4v) is 2.80. The van der Waals surface area contributed by atoms with E-state index in [1.807, 2.05) is 12.1 Å². The van der Waals surface area contributed by atoms with E-state index < -0.39 is 0 Å². The van der Waals surface area contributed by atoms with Crippen molar-refractivity contribution in [3.63, 3.8) is 0 Å². The molecule has 128 valence electrons. The van der Waals surface area contributed by atoms with Crippen LogP contribution >= 0.6 is 0 Å². The second-order valence-corrected chi connectivity index (χ2v) is 6.59. The summed E-state index contributed by atoms with van der Waals surface area (Å²) in [5.74, 6) is 0.934. The van der Waals surface area contributed by atoms with Gasteiger partial charge in [0, 0.05) is 19.1 Å². The highest BCUT2D eigenvalue weighted by Gasteiger charge is 2.24. The molecule has 1 amide bonds. The van der Waals surface area contributed by atoms with Crippen molar-refractivity contribution in [3.8, 4) is 5.75 Å². The van der Waals surface area contributed by atoms with Crippen molar-refractivity contribution in [1.82, 2.24) is 15.1 Å². The SMILES string of the molecule is Cc1ccc(OCCNC(=O)CN2CCC(N(C)C)C2)cc1C. The molecule has 0 aliphatic carbocycles. The van der Waals surface area contributed by atoms with Gasteiger partial charge >= 0.3 is 0 Å². The van der Waals surface area contributed by atoms with Gasteiger partial charge in [-0.25, -0.2) is 0 Å². The van der Waals surface area contributed by atoms with Gasteiger partial charge in [-0.05, 0) is 57.6 Å². The van der Waals surface area contributed by atoms with Gasteiger partial charge in [-0.3, -0.25) is 9.69 Å². The number of aryl methyl sites for hydroxylation is 2. The van der Waals surface area contributed by atoms with Crippen LogP contribution < -0.4 is 10.1 Å². The van der Waals surface area contributed by atoms with Crippen molar-refractivity contribution in [3.05, 3.63) is 29.3 Å². The summed E-state index contributed by atoms with van der Waals surface area (Å²) in [7, 11) is 4.19. The smallest absolute Gasteiger partial charge is 0.234 e. The lowest BCUT2D eigenvalue weighted by atomic mass is 10.1. The van der Waals surface area contributed by atoms with Gasteiger partial charge in [-0.15, -0.1) is 0 Å². The fraction of sp³-hybridized carbons (Fsp3) is 0.611. The predicted molar refractivity (Wildman–Crippen MR) is 93.0 cm³/mol. The zero-order valence-corrected chi connectivity index (χ0v) is 14.8. The fourth-order valence-electron chi connectivity index (χ4n) is 2.80. The molecule has 5 nitrogen and oxygen atoms in total. The number of carbonyl (C=O) groups is 1. The van der Waals surface area contributed by atoms with Crippen LogP contribution in [-0.4, -0.2) is 68.6 Å². The van der Waals surface area contributed by atoms with Crippen molar-refractivity contribution in [1.29, 1.82) is 0 Å². The molecule has 1 aromatic rings. The first-order valence-corrected chi connectivity index (χ1v) is 8.31. The molecule has 1 unspecified atom stereocenters. The normalized spacial score (nSPS) is 18.4. The number of hydrogen-bond acceptors (Lipinski definition) is 4. The topological polar surface area (TPSA) is 44.8 Å². The highest BCUT2D eigenvalue weighted by atomic mass is 16.5. The molecule has 0 saturated carbocycles. The molecular weight excluding hydrogens is 290 g/mol. The highest BCUT2D eigenvalue weighted by molar-refractivity contribution is 5.78. The van der Waals surface area contributed by atoms with Crippen LogP contribution in [0.15, 0.2) is 18.2 Å². The molecule has 0 bridgehead atoms. The Morgan fingerprint density at radius 1 is 1.35 bits per heavy atom. The lowest BCUT2D eigenvalue weighted by Gasteiger charge is -2.20. The Kier molecular flexibility index (Phi) is 6.42. The monoisotopic (exact) mass is 319 g/mol. The molecule has 1 aromatic carbocycles. The Morgan fingerprint density at radius 3 is 2.78 bits per heavy atom. The summed E-state index contributed by atoms with van der Waals surface area (Å²) in [4.78, 5) is 16.4. The van der Waals surface area contributed by atoms with E-state index in [2.05, 4.69) is 49.1 Å². The van der Waals surface area contributed by atoms with Gasteiger partial charge in [0.25, 0.3) is 0 Å². The molecule has 1 atom stereocenters. The van der Waals surface area contributed by atoms with Gasteiger partial charge in [0.1, 0.15) is 12.4 Å². The Labute approximate surface area is 139 Å². The minimum absolute atomic E-state index is 0.0769. The number of carbonyl (C=O) groups excluding carboxylic acids is 1. The Hall–Kier alpha value is -1.59. The van der Waals surface area contributed by atoms with Gasteiger partial charge < -0.3 is 15.0 Å². The molecule has 0 aromatic heterocycles. The van der Waals surface area contributed by atoms with Crippen LogP contribution in [0.25, 0.3) is 0 Å². The van der Waals surface area contributed by atoms with Crippen LogP contribution in [0.2, 0.25) is 0 Å². The summed E-state index contributed by atoms with van der Waals surface area (Å²) >= 11 is 0.